The van der Waals surface area contributed by atoms with E-state index in [4.69, 9.17) is 15.6 Å². The Morgan fingerprint density at radius 2 is 2.11 bits per heavy atom. The molecule has 0 aliphatic heterocycles. The number of nitrogens with one attached hydrogen (secondary N) is 1. The molecule has 0 spiro atoms. The molecule has 0 aromatic carbocycles. The van der Waals surface area contributed by atoms with E-state index in [1.165, 1.54) is 12.3 Å². The Hall–Kier alpha value is -2.90. The molecule has 1 amide bonds. The number of ether oxygens (including phenoxy) is 1. The van der Waals surface area contributed by atoms with Gasteiger partial charge in [-0.15, -0.1) is 0 Å². The molecule has 0 saturated carbocycles. The fraction of sp³-hybridized carbons (Fsp3) is 0.421. The molecule has 0 fully saturated rings. The molecule has 0 bridgehead atoms. The van der Waals surface area contributed by atoms with E-state index in [1.54, 1.807) is 26.0 Å². The number of nitrogens with zero attached hydrogens (tertiary/aromatic N) is 2. The van der Waals surface area contributed by atoms with Crippen molar-refractivity contribution >= 4 is 11.9 Å². The average molecular weight is 376 g/mol. The summed E-state index contributed by atoms with van der Waals surface area (Å²) in [6.07, 6.45) is 0.938. The molecule has 4 N–H and O–H groups in total. The third-order valence-electron chi connectivity index (χ3n) is 4.04. The number of pyridine rings is 2. The first-order chi connectivity index (χ1) is 12.6. The van der Waals surface area contributed by atoms with Gasteiger partial charge in [-0.2, -0.15) is 0 Å². The van der Waals surface area contributed by atoms with Crippen LogP contribution in [0.3, 0.4) is 0 Å². The number of rotatable bonds is 7. The van der Waals surface area contributed by atoms with Crippen LogP contribution in [-0.2, 0) is 0 Å². The summed E-state index contributed by atoms with van der Waals surface area (Å²) in [5, 5.41) is 11.6. The summed E-state index contributed by atoms with van der Waals surface area (Å²) in [4.78, 5) is 19.2. The van der Waals surface area contributed by atoms with Gasteiger partial charge in [0.15, 0.2) is 11.6 Å². The lowest BCUT2D eigenvalue weighted by Crippen LogP contribution is -2.50. The van der Waals surface area contributed by atoms with Gasteiger partial charge < -0.3 is 20.9 Å². The molecule has 0 aliphatic carbocycles. The lowest BCUT2D eigenvalue weighted by atomic mass is 9.91. The summed E-state index contributed by atoms with van der Waals surface area (Å²) in [6.45, 7) is 7.71. The van der Waals surface area contributed by atoms with Crippen LogP contribution in [0.15, 0.2) is 24.4 Å². The van der Waals surface area contributed by atoms with Gasteiger partial charge in [0.25, 0.3) is 0 Å². The Morgan fingerprint density at radius 1 is 1.41 bits per heavy atom. The lowest BCUT2D eigenvalue weighted by Gasteiger charge is -2.31. The van der Waals surface area contributed by atoms with Gasteiger partial charge in [0.2, 0.25) is 0 Å². The van der Waals surface area contributed by atoms with E-state index in [1.807, 2.05) is 13.8 Å². The molecule has 2 heterocycles. The molecule has 8 heteroatoms. The van der Waals surface area contributed by atoms with Crippen molar-refractivity contribution in [3.05, 3.63) is 35.9 Å². The SMILES string of the molecule is Cc1nc(-c2ccnc(N)c2F)ccc1OCC(C)(CC(C)C)NC(=O)O. The molecule has 1 atom stereocenters. The third kappa shape index (κ3) is 5.29. The summed E-state index contributed by atoms with van der Waals surface area (Å²) in [5.74, 6) is -0.0137. The Labute approximate surface area is 157 Å². The minimum atomic E-state index is -1.10. The Kier molecular flexibility index (Phi) is 6.20. The van der Waals surface area contributed by atoms with Gasteiger partial charge in [0.05, 0.1) is 16.9 Å². The minimum absolute atomic E-state index is 0.149. The summed E-state index contributed by atoms with van der Waals surface area (Å²) >= 11 is 0. The maximum atomic E-state index is 14.1. The van der Waals surface area contributed by atoms with Gasteiger partial charge in [-0.3, -0.25) is 0 Å². The van der Waals surface area contributed by atoms with Crippen LogP contribution < -0.4 is 15.8 Å². The van der Waals surface area contributed by atoms with Crippen molar-refractivity contribution in [1.29, 1.82) is 0 Å². The van der Waals surface area contributed by atoms with Crippen LogP contribution in [0.4, 0.5) is 15.0 Å². The molecule has 27 heavy (non-hydrogen) atoms. The van der Waals surface area contributed by atoms with Crippen molar-refractivity contribution in [3.8, 4) is 17.0 Å². The summed E-state index contributed by atoms with van der Waals surface area (Å²) in [5.41, 5.74) is 6.00. The van der Waals surface area contributed by atoms with E-state index < -0.39 is 17.4 Å². The topological polar surface area (TPSA) is 110 Å². The molecular weight excluding hydrogens is 351 g/mol. The van der Waals surface area contributed by atoms with E-state index in [0.29, 0.717) is 23.6 Å². The second-order valence-corrected chi connectivity index (χ2v) is 7.22. The number of hydrogen-bond acceptors (Lipinski definition) is 5. The van der Waals surface area contributed by atoms with Crippen molar-refractivity contribution in [2.24, 2.45) is 5.92 Å². The molecule has 2 rings (SSSR count). The minimum Gasteiger partial charge on any atom is -0.489 e. The first kappa shape index (κ1) is 20.4. The average Bonchev–Trinajstić information content (AvgIpc) is 2.54. The molecule has 2 aromatic rings. The highest BCUT2D eigenvalue weighted by molar-refractivity contribution is 5.65. The second-order valence-electron chi connectivity index (χ2n) is 7.22. The number of aryl methyl sites for hydroxylation is 1. The largest absolute Gasteiger partial charge is 0.489 e. The number of nitrogen functional groups attached to an aromatic ring is 1. The highest BCUT2D eigenvalue weighted by Gasteiger charge is 2.29. The third-order valence-corrected chi connectivity index (χ3v) is 4.04. The zero-order valence-electron chi connectivity index (χ0n) is 15.9. The normalized spacial score (nSPS) is 13.3. The van der Waals surface area contributed by atoms with Crippen LogP contribution in [-0.4, -0.2) is 33.3 Å². The van der Waals surface area contributed by atoms with E-state index in [2.05, 4.69) is 15.3 Å². The fourth-order valence-corrected chi connectivity index (χ4v) is 3.05. The van der Waals surface area contributed by atoms with Gasteiger partial charge in [0.1, 0.15) is 12.4 Å². The lowest BCUT2D eigenvalue weighted by molar-refractivity contribution is 0.142. The molecule has 0 aliphatic rings. The van der Waals surface area contributed by atoms with Crippen LogP contribution in [0.25, 0.3) is 11.3 Å². The number of amides is 1. The first-order valence-corrected chi connectivity index (χ1v) is 8.63. The molecule has 146 valence electrons. The van der Waals surface area contributed by atoms with E-state index in [9.17, 15) is 9.18 Å². The van der Waals surface area contributed by atoms with Gasteiger partial charge in [0, 0.05) is 11.8 Å². The number of carboxylic acid groups (broad SMARTS) is 1. The number of halogens is 1. The Bertz CT molecular complexity index is 829. The number of hydrogen-bond donors (Lipinski definition) is 3. The Morgan fingerprint density at radius 3 is 2.70 bits per heavy atom. The predicted molar refractivity (Wildman–Crippen MR) is 101 cm³/mol. The monoisotopic (exact) mass is 376 g/mol. The van der Waals surface area contributed by atoms with Crippen molar-refractivity contribution in [1.82, 2.24) is 15.3 Å². The maximum Gasteiger partial charge on any atom is 0.405 e. The maximum absolute atomic E-state index is 14.1. The van der Waals surface area contributed by atoms with Crippen molar-refractivity contribution in [2.45, 2.75) is 39.7 Å². The molecule has 0 radical (unpaired) electrons. The van der Waals surface area contributed by atoms with Crippen LogP contribution >= 0.6 is 0 Å². The first-order valence-electron chi connectivity index (χ1n) is 8.63. The number of carbonyl (C=O) groups is 1. The zero-order valence-corrected chi connectivity index (χ0v) is 15.9. The number of nitrogens with two attached hydrogens (primary N) is 1. The van der Waals surface area contributed by atoms with Crippen LogP contribution in [0.2, 0.25) is 0 Å². The highest BCUT2D eigenvalue weighted by atomic mass is 19.1. The van der Waals surface area contributed by atoms with Crippen LogP contribution in [0.1, 0.15) is 32.9 Å². The van der Waals surface area contributed by atoms with Crippen LogP contribution in [0, 0.1) is 18.7 Å². The van der Waals surface area contributed by atoms with Crippen molar-refractivity contribution in [3.63, 3.8) is 0 Å². The summed E-state index contributed by atoms with van der Waals surface area (Å²) < 4.78 is 20.0. The second kappa shape index (κ2) is 8.20. The Balaban J connectivity index is 2.20. The standard InChI is InChI=1S/C19H25FN4O3/c1-11(2)9-19(4,24-18(25)26)10-27-15-6-5-14(23-12(15)3)13-7-8-22-17(21)16(13)20/h5-8,11,24H,9-10H2,1-4H3,(H2,21,22)(H,25,26). The van der Waals surface area contributed by atoms with Gasteiger partial charge in [-0.1, -0.05) is 13.8 Å². The van der Waals surface area contributed by atoms with E-state index >= 15 is 0 Å². The number of anilines is 1. The van der Waals surface area contributed by atoms with Crippen molar-refractivity contribution < 1.29 is 19.0 Å². The van der Waals surface area contributed by atoms with Gasteiger partial charge in [-0.25, -0.2) is 19.2 Å². The fourth-order valence-electron chi connectivity index (χ4n) is 3.05. The smallest absolute Gasteiger partial charge is 0.405 e. The molecule has 0 saturated heterocycles. The summed E-state index contributed by atoms with van der Waals surface area (Å²) in [7, 11) is 0. The number of aromatic nitrogens is 2. The van der Waals surface area contributed by atoms with Gasteiger partial charge in [-0.05, 0) is 44.4 Å². The zero-order chi connectivity index (χ0) is 20.2. The molecular formula is C19H25FN4O3. The van der Waals surface area contributed by atoms with Gasteiger partial charge >= 0.3 is 6.09 Å². The predicted octanol–water partition coefficient (Wildman–Crippen LogP) is 3.62. The van der Waals surface area contributed by atoms with Crippen LogP contribution in [0.5, 0.6) is 5.75 Å². The quantitative estimate of drug-likeness (QED) is 0.681. The highest BCUT2D eigenvalue weighted by Crippen LogP contribution is 2.27. The molecule has 2 aromatic heterocycles. The summed E-state index contributed by atoms with van der Waals surface area (Å²) in [6, 6.07) is 4.82. The van der Waals surface area contributed by atoms with E-state index in [-0.39, 0.29) is 23.9 Å². The van der Waals surface area contributed by atoms with Crippen molar-refractivity contribution in [2.75, 3.05) is 12.3 Å². The molecule has 7 nitrogen and oxygen atoms in total. The molecule has 1 unspecified atom stereocenters. The van der Waals surface area contributed by atoms with E-state index in [0.717, 1.165) is 0 Å².